The second-order valence-electron chi connectivity index (χ2n) is 4.48. The lowest BCUT2D eigenvalue weighted by Gasteiger charge is -2.21. The fourth-order valence-corrected chi connectivity index (χ4v) is 2.39. The predicted octanol–water partition coefficient (Wildman–Crippen LogP) is 2.39. The van der Waals surface area contributed by atoms with Crippen molar-refractivity contribution >= 4 is 45.3 Å². The van der Waals surface area contributed by atoms with Crippen molar-refractivity contribution in [3.8, 4) is 0 Å². The topological polar surface area (TPSA) is 66.3 Å². The Labute approximate surface area is 124 Å². The summed E-state index contributed by atoms with van der Waals surface area (Å²) >= 11 is 2.24. The molecule has 0 radical (unpaired) electrons. The number of fused-ring (bicyclic) bond motifs is 1. The van der Waals surface area contributed by atoms with E-state index in [0.29, 0.717) is 6.54 Å². The van der Waals surface area contributed by atoms with Crippen LogP contribution >= 0.6 is 22.6 Å². The van der Waals surface area contributed by atoms with E-state index in [1.54, 1.807) is 6.92 Å². The third kappa shape index (κ3) is 3.12. The highest BCUT2D eigenvalue weighted by atomic mass is 127. The van der Waals surface area contributed by atoms with Crippen molar-refractivity contribution in [1.29, 1.82) is 0 Å². The van der Waals surface area contributed by atoms with E-state index in [-0.39, 0.29) is 0 Å². The summed E-state index contributed by atoms with van der Waals surface area (Å²) in [5.74, 6) is -0.491. The van der Waals surface area contributed by atoms with Gasteiger partial charge >= 0.3 is 5.97 Å². The van der Waals surface area contributed by atoms with Gasteiger partial charge < -0.3 is 10.0 Å². The number of carboxylic acids is 1. The summed E-state index contributed by atoms with van der Waals surface area (Å²) in [6.45, 7) is 2.10. The van der Waals surface area contributed by atoms with E-state index in [1.165, 1.54) is 6.33 Å². The number of anilines is 1. The maximum absolute atomic E-state index is 10.9. The molecule has 0 amide bonds. The first-order valence-electron chi connectivity index (χ1n) is 5.83. The Bertz CT molecular complexity index is 618. The zero-order valence-corrected chi connectivity index (χ0v) is 12.8. The summed E-state index contributed by atoms with van der Waals surface area (Å²) in [6.07, 6.45) is 1.51. The molecule has 0 aliphatic carbocycles. The summed E-state index contributed by atoms with van der Waals surface area (Å²) in [4.78, 5) is 21.3. The molecule has 1 unspecified atom stereocenters. The summed E-state index contributed by atoms with van der Waals surface area (Å²) in [5.41, 5.74) is 0.861. The molecule has 1 atom stereocenters. The van der Waals surface area contributed by atoms with Crippen molar-refractivity contribution in [2.24, 2.45) is 5.92 Å². The lowest BCUT2D eigenvalue weighted by Crippen LogP contribution is -2.29. The first-order chi connectivity index (χ1) is 8.99. The van der Waals surface area contributed by atoms with E-state index in [4.69, 9.17) is 5.11 Å². The molecule has 0 saturated carbocycles. The molecule has 1 heterocycles. The number of benzene rings is 1. The molecule has 19 heavy (non-hydrogen) atoms. The van der Waals surface area contributed by atoms with Gasteiger partial charge in [0.05, 0.1) is 11.4 Å². The first kappa shape index (κ1) is 14.0. The molecule has 1 N–H and O–H groups in total. The molecule has 5 nitrogen and oxygen atoms in total. The van der Waals surface area contributed by atoms with Crippen LogP contribution < -0.4 is 4.90 Å². The zero-order chi connectivity index (χ0) is 14.0. The van der Waals surface area contributed by atoms with Gasteiger partial charge in [-0.25, -0.2) is 9.97 Å². The number of halogens is 1. The molecule has 0 saturated heterocycles. The van der Waals surface area contributed by atoms with Crippen LogP contribution in [0.25, 0.3) is 10.9 Å². The van der Waals surface area contributed by atoms with Gasteiger partial charge in [0.1, 0.15) is 12.1 Å². The number of carboxylic acid groups (broad SMARTS) is 1. The molecule has 0 aliphatic heterocycles. The number of nitrogens with zero attached hydrogens (tertiary/aromatic N) is 3. The van der Waals surface area contributed by atoms with Crippen LogP contribution in [0, 0.1) is 9.49 Å². The number of aromatic nitrogens is 2. The van der Waals surface area contributed by atoms with E-state index >= 15 is 0 Å². The normalized spacial score (nSPS) is 12.4. The van der Waals surface area contributed by atoms with Crippen molar-refractivity contribution in [2.45, 2.75) is 6.92 Å². The van der Waals surface area contributed by atoms with Gasteiger partial charge in [0.25, 0.3) is 0 Å². The second-order valence-corrected chi connectivity index (χ2v) is 5.72. The van der Waals surface area contributed by atoms with Crippen LogP contribution in [-0.2, 0) is 4.79 Å². The smallest absolute Gasteiger partial charge is 0.308 e. The maximum Gasteiger partial charge on any atom is 0.308 e. The van der Waals surface area contributed by atoms with Gasteiger partial charge in [0.2, 0.25) is 0 Å². The van der Waals surface area contributed by atoms with E-state index in [0.717, 1.165) is 20.3 Å². The van der Waals surface area contributed by atoms with Gasteiger partial charge in [-0.15, -0.1) is 0 Å². The molecule has 6 heteroatoms. The van der Waals surface area contributed by atoms with Crippen molar-refractivity contribution < 1.29 is 9.90 Å². The summed E-state index contributed by atoms with van der Waals surface area (Å²) in [6, 6.07) is 5.93. The third-order valence-electron chi connectivity index (χ3n) is 2.91. The van der Waals surface area contributed by atoms with Gasteiger partial charge in [-0.1, -0.05) is 6.92 Å². The fourth-order valence-electron chi connectivity index (χ4n) is 1.89. The van der Waals surface area contributed by atoms with E-state index in [9.17, 15) is 4.79 Å². The SMILES string of the molecule is CC(CN(C)c1ncnc2ccc(I)cc12)C(=O)O. The number of aliphatic carboxylic acids is 1. The first-order valence-corrected chi connectivity index (χ1v) is 6.91. The Kier molecular flexibility index (Phi) is 4.18. The van der Waals surface area contributed by atoms with Crippen LogP contribution in [0.15, 0.2) is 24.5 Å². The van der Waals surface area contributed by atoms with Gasteiger partial charge in [-0.05, 0) is 40.8 Å². The minimum absolute atomic E-state index is 0.410. The highest BCUT2D eigenvalue weighted by Crippen LogP contribution is 2.24. The minimum Gasteiger partial charge on any atom is -0.481 e. The maximum atomic E-state index is 10.9. The fraction of sp³-hybridized carbons (Fsp3) is 0.308. The Morgan fingerprint density at radius 1 is 1.47 bits per heavy atom. The van der Waals surface area contributed by atoms with Crippen molar-refractivity contribution in [3.05, 3.63) is 28.1 Å². The molecule has 2 aromatic rings. The largest absolute Gasteiger partial charge is 0.481 e. The molecular formula is C13H14IN3O2. The van der Waals surface area contributed by atoms with Crippen LogP contribution in [0.1, 0.15) is 6.92 Å². The van der Waals surface area contributed by atoms with Crippen LogP contribution in [0.5, 0.6) is 0 Å². The highest BCUT2D eigenvalue weighted by Gasteiger charge is 2.16. The standard InChI is InChI=1S/C13H14IN3O2/c1-8(13(18)19)6-17(2)12-10-5-9(14)3-4-11(10)15-7-16-12/h3-5,7-8H,6H2,1-2H3,(H,18,19). The van der Waals surface area contributed by atoms with Crippen LogP contribution in [0.2, 0.25) is 0 Å². The van der Waals surface area contributed by atoms with Crippen molar-refractivity contribution in [2.75, 3.05) is 18.5 Å². The van der Waals surface area contributed by atoms with E-state index in [1.807, 2.05) is 30.1 Å². The molecule has 0 bridgehead atoms. The van der Waals surface area contributed by atoms with Gasteiger partial charge in [0, 0.05) is 22.5 Å². The highest BCUT2D eigenvalue weighted by molar-refractivity contribution is 14.1. The number of rotatable bonds is 4. The van der Waals surface area contributed by atoms with E-state index in [2.05, 4.69) is 32.6 Å². The number of hydrogen-bond donors (Lipinski definition) is 1. The quantitative estimate of drug-likeness (QED) is 0.837. The van der Waals surface area contributed by atoms with Crippen molar-refractivity contribution in [3.63, 3.8) is 0 Å². The van der Waals surface area contributed by atoms with Gasteiger partial charge in [-0.3, -0.25) is 4.79 Å². The average Bonchev–Trinajstić information content (AvgIpc) is 2.37. The van der Waals surface area contributed by atoms with Gasteiger partial charge in [-0.2, -0.15) is 0 Å². The number of hydrogen-bond acceptors (Lipinski definition) is 4. The lowest BCUT2D eigenvalue weighted by molar-refractivity contribution is -0.140. The molecule has 0 aliphatic rings. The molecule has 2 rings (SSSR count). The minimum atomic E-state index is -0.806. The molecule has 1 aromatic heterocycles. The Morgan fingerprint density at radius 3 is 2.89 bits per heavy atom. The Hall–Kier alpha value is -1.44. The molecule has 1 aromatic carbocycles. The molecule has 100 valence electrons. The van der Waals surface area contributed by atoms with Gasteiger partial charge in [0.15, 0.2) is 0 Å². The van der Waals surface area contributed by atoms with Crippen molar-refractivity contribution in [1.82, 2.24) is 9.97 Å². The lowest BCUT2D eigenvalue weighted by atomic mass is 10.1. The van der Waals surface area contributed by atoms with Crippen LogP contribution in [0.4, 0.5) is 5.82 Å². The van der Waals surface area contributed by atoms with E-state index < -0.39 is 11.9 Å². The monoisotopic (exact) mass is 371 g/mol. The second kappa shape index (κ2) is 5.68. The summed E-state index contributed by atoms with van der Waals surface area (Å²) in [7, 11) is 1.85. The zero-order valence-electron chi connectivity index (χ0n) is 10.7. The average molecular weight is 371 g/mol. The van der Waals surface area contributed by atoms with Crippen LogP contribution in [0.3, 0.4) is 0 Å². The molecular weight excluding hydrogens is 357 g/mol. The summed E-state index contributed by atoms with van der Waals surface area (Å²) < 4.78 is 1.10. The third-order valence-corrected chi connectivity index (χ3v) is 3.58. The molecule has 0 fully saturated rings. The summed E-state index contributed by atoms with van der Waals surface area (Å²) in [5, 5.41) is 9.91. The Balaban J connectivity index is 2.38. The van der Waals surface area contributed by atoms with Crippen LogP contribution in [-0.4, -0.2) is 34.6 Å². The predicted molar refractivity (Wildman–Crippen MR) is 82.3 cm³/mol. The molecule has 0 spiro atoms. The Morgan fingerprint density at radius 2 is 2.21 bits per heavy atom. The number of carbonyl (C=O) groups is 1.